The van der Waals surface area contributed by atoms with Crippen LogP contribution in [0.3, 0.4) is 0 Å². The van der Waals surface area contributed by atoms with Gasteiger partial charge in [-0.25, -0.2) is 0 Å². The second kappa shape index (κ2) is 5.60. The van der Waals surface area contributed by atoms with Gasteiger partial charge in [0.15, 0.2) is 5.78 Å². The van der Waals surface area contributed by atoms with Gasteiger partial charge >= 0.3 is 0 Å². The van der Waals surface area contributed by atoms with Crippen LogP contribution < -0.4 is 0 Å². The summed E-state index contributed by atoms with van der Waals surface area (Å²) in [5.74, 6) is 0.297. The Morgan fingerprint density at radius 3 is 3.12 bits per heavy atom. The Kier molecular flexibility index (Phi) is 4.13. The number of ketones is 1. The summed E-state index contributed by atoms with van der Waals surface area (Å²) >= 11 is 1.56. The molecular formula is C13H18O2S. The first kappa shape index (κ1) is 11.8. The van der Waals surface area contributed by atoms with Crippen molar-refractivity contribution in [2.24, 2.45) is 0 Å². The molecule has 0 radical (unpaired) electrons. The minimum absolute atomic E-state index is 0.297. The van der Waals surface area contributed by atoms with Crippen molar-refractivity contribution in [3.8, 4) is 0 Å². The molecular weight excluding hydrogens is 220 g/mol. The molecule has 1 unspecified atom stereocenters. The molecule has 2 heterocycles. The van der Waals surface area contributed by atoms with Gasteiger partial charge in [0.25, 0.3) is 0 Å². The van der Waals surface area contributed by atoms with E-state index in [1.54, 1.807) is 11.3 Å². The fourth-order valence-electron chi connectivity index (χ4n) is 2.13. The third kappa shape index (κ3) is 2.92. The SMILES string of the molecule is Cc1ccsc1C(=O)CCCC1CCCO1. The number of hydrogen-bond acceptors (Lipinski definition) is 3. The smallest absolute Gasteiger partial charge is 0.173 e. The molecule has 1 aliphatic heterocycles. The second-order valence-electron chi connectivity index (χ2n) is 4.38. The molecule has 2 nitrogen and oxygen atoms in total. The third-order valence-corrected chi connectivity index (χ3v) is 4.13. The Labute approximate surface area is 101 Å². The fraction of sp³-hybridized carbons (Fsp3) is 0.615. The van der Waals surface area contributed by atoms with E-state index >= 15 is 0 Å². The number of aryl methyl sites for hydroxylation is 1. The van der Waals surface area contributed by atoms with Crippen LogP contribution in [0.25, 0.3) is 0 Å². The molecule has 88 valence electrons. The number of hydrogen-bond donors (Lipinski definition) is 0. The molecule has 0 spiro atoms. The van der Waals surface area contributed by atoms with Crippen LogP contribution in [0.5, 0.6) is 0 Å². The van der Waals surface area contributed by atoms with Crippen LogP contribution in [0.1, 0.15) is 47.3 Å². The van der Waals surface area contributed by atoms with Crippen LogP contribution in [0.15, 0.2) is 11.4 Å². The van der Waals surface area contributed by atoms with Crippen LogP contribution in [-0.4, -0.2) is 18.5 Å². The molecule has 0 saturated carbocycles. The summed E-state index contributed by atoms with van der Waals surface area (Å²) in [6.45, 7) is 2.91. The van der Waals surface area contributed by atoms with Crippen LogP contribution in [0.2, 0.25) is 0 Å². The Morgan fingerprint density at radius 2 is 2.50 bits per heavy atom. The molecule has 1 atom stereocenters. The lowest BCUT2D eigenvalue weighted by Gasteiger charge is -2.07. The topological polar surface area (TPSA) is 26.3 Å². The molecule has 0 amide bonds. The minimum atomic E-state index is 0.297. The lowest BCUT2D eigenvalue weighted by molar-refractivity contribution is 0.0925. The highest BCUT2D eigenvalue weighted by Crippen LogP contribution is 2.21. The number of carbonyl (C=O) groups excluding carboxylic acids is 1. The lowest BCUT2D eigenvalue weighted by atomic mass is 10.1. The van der Waals surface area contributed by atoms with Gasteiger partial charge < -0.3 is 4.74 Å². The Bertz CT molecular complexity index is 351. The van der Waals surface area contributed by atoms with Gasteiger partial charge in [-0.3, -0.25) is 4.79 Å². The standard InChI is InChI=1S/C13H18O2S/c1-10-7-9-16-13(10)12(14)6-2-4-11-5-3-8-15-11/h7,9,11H,2-6,8H2,1H3. The summed E-state index contributed by atoms with van der Waals surface area (Å²) < 4.78 is 5.54. The van der Waals surface area contributed by atoms with Crippen LogP contribution in [0, 0.1) is 6.92 Å². The molecule has 16 heavy (non-hydrogen) atoms. The molecule has 3 heteroatoms. The van der Waals surface area contributed by atoms with Crippen molar-refractivity contribution in [3.05, 3.63) is 21.9 Å². The third-order valence-electron chi connectivity index (χ3n) is 3.07. The fourth-order valence-corrected chi connectivity index (χ4v) is 3.03. The second-order valence-corrected chi connectivity index (χ2v) is 5.30. The zero-order valence-corrected chi connectivity index (χ0v) is 10.5. The average Bonchev–Trinajstić information content (AvgIpc) is 2.88. The number of rotatable bonds is 5. The largest absolute Gasteiger partial charge is 0.378 e. The number of thiophene rings is 1. The minimum Gasteiger partial charge on any atom is -0.378 e. The lowest BCUT2D eigenvalue weighted by Crippen LogP contribution is -2.06. The van der Waals surface area contributed by atoms with E-state index in [1.165, 1.54) is 12.8 Å². The van der Waals surface area contributed by atoms with Crippen LogP contribution in [0.4, 0.5) is 0 Å². The van der Waals surface area contributed by atoms with E-state index < -0.39 is 0 Å². The van der Waals surface area contributed by atoms with E-state index in [0.717, 1.165) is 29.9 Å². The number of carbonyl (C=O) groups is 1. The van der Waals surface area contributed by atoms with E-state index in [2.05, 4.69) is 0 Å². The average molecular weight is 238 g/mol. The van der Waals surface area contributed by atoms with Crippen molar-refractivity contribution in [2.45, 2.75) is 45.1 Å². The monoisotopic (exact) mass is 238 g/mol. The molecule has 1 fully saturated rings. The maximum absolute atomic E-state index is 11.9. The quantitative estimate of drug-likeness (QED) is 0.733. The summed E-state index contributed by atoms with van der Waals surface area (Å²) in [4.78, 5) is 12.8. The molecule has 1 aliphatic rings. The zero-order chi connectivity index (χ0) is 11.4. The maximum atomic E-state index is 11.9. The molecule has 0 N–H and O–H groups in total. The summed E-state index contributed by atoms with van der Waals surface area (Å²) in [5, 5.41) is 1.99. The predicted octanol–water partition coefficient (Wildman–Crippen LogP) is 3.59. The van der Waals surface area contributed by atoms with Gasteiger partial charge in [0, 0.05) is 13.0 Å². The van der Waals surface area contributed by atoms with Gasteiger partial charge in [0.2, 0.25) is 0 Å². The first-order chi connectivity index (χ1) is 7.77. The van der Waals surface area contributed by atoms with Crippen molar-refractivity contribution in [1.29, 1.82) is 0 Å². The van der Waals surface area contributed by atoms with Crippen LogP contribution >= 0.6 is 11.3 Å². The molecule has 0 aliphatic carbocycles. The van der Waals surface area contributed by atoms with Crippen molar-refractivity contribution in [1.82, 2.24) is 0 Å². The van der Waals surface area contributed by atoms with Crippen molar-refractivity contribution >= 4 is 17.1 Å². The number of ether oxygens (including phenoxy) is 1. The molecule has 1 saturated heterocycles. The maximum Gasteiger partial charge on any atom is 0.173 e. The summed E-state index contributed by atoms with van der Waals surface area (Å²) in [7, 11) is 0. The molecule has 2 rings (SSSR count). The molecule has 1 aromatic heterocycles. The van der Waals surface area contributed by atoms with E-state index in [1.807, 2.05) is 18.4 Å². The van der Waals surface area contributed by atoms with Gasteiger partial charge in [-0.2, -0.15) is 0 Å². The first-order valence-corrected chi connectivity index (χ1v) is 6.84. The van der Waals surface area contributed by atoms with Gasteiger partial charge in [-0.15, -0.1) is 11.3 Å². The molecule has 1 aromatic rings. The summed E-state index contributed by atoms with van der Waals surface area (Å²) in [6, 6.07) is 2.01. The van der Waals surface area contributed by atoms with E-state index in [-0.39, 0.29) is 0 Å². The Morgan fingerprint density at radius 1 is 1.62 bits per heavy atom. The summed E-state index contributed by atoms with van der Waals surface area (Å²) in [6.07, 6.45) is 5.44. The zero-order valence-electron chi connectivity index (χ0n) is 9.70. The van der Waals surface area contributed by atoms with Gasteiger partial charge in [0.1, 0.15) is 0 Å². The highest BCUT2D eigenvalue weighted by Gasteiger charge is 2.16. The first-order valence-electron chi connectivity index (χ1n) is 5.96. The van der Waals surface area contributed by atoms with Gasteiger partial charge in [-0.1, -0.05) is 0 Å². The molecule has 0 bridgehead atoms. The van der Waals surface area contributed by atoms with E-state index in [9.17, 15) is 4.79 Å². The summed E-state index contributed by atoms with van der Waals surface area (Å²) in [5.41, 5.74) is 1.12. The normalized spacial score (nSPS) is 20.2. The highest BCUT2D eigenvalue weighted by molar-refractivity contribution is 7.12. The molecule has 0 aromatic carbocycles. The van der Waals surface area contributed by atoms with E-state index in [0.29, 0.717) is 18.3 Å². The van der Waals surface area contributed by atoms with Crippen molar-refractivity contribution in [3.63, 3.8) is 0 Å². The highest BCUT2D eigenvalue weighted by atomic mass is 32.1. The van der Waals surface area contributed by atoms with E-state index in [4.69, 9.17) is 4.74 Å². The predicted molar refractivity (Wildman–Crippen MR) is 66.2 cm³/mol. The number of Topliss-reactive ketones (excluding diaryl/α,β-unsaturated/α-hetero) is 1. The Hall–Kier alpha value is -0.670. The van der Waals surface area contributed by atoms with Gasteiger partial charge in [0.05, 0.1) is 11.0 Å². The van der Waals surface area contributed by atoms with Crippen molar-refractivity contribution < 1.29 is 9.53 Å². The van der Waals surface area contributed by atoms with Crippen molar-refractivity contribution in [2.75, 3.05) is 6.61 Å². The van der Waals surface area contributed by atoms with Gasteiger partial charge in [-0.05, 0) is 49.6 Å². The van der Waals surface area contributed by atoms with Crippen LogP contribution in [-0.2, 0) is 4.74 Å². The Balaban J connectivity index is 1.73.